The topological polar surface area (TPSA) is 28.0 Å². The summed E-state index contributed by atoms with van der Waals surface area (Å²) in [6.45, 7) is 5.21. The quantitative estimate of drug-likeness (QED) is 0.400. The van der Waals surface area contributed by atoms with Crippen LogP contribution in [0.1, 0.15) is 37.8 Å². The van der Waals surface area contributed by atoms with Gasteiger partial charge in [-0.05, 0) is 62.2 Å². The van der Waals surface area contributed by atoms with Crippen molar-refractivity contribution in [3.63, 3.8) is 0 Å². The normalized spacial score (nSPS) is 20.3. The third kappa shape index (κ3) is 4.30. The maximum atomic E-state index is 14.0. The van der Waals surface area contributed by atoms with E-state index in [0.29, 0.717) is 6.54 Å². The van der Waals surface area contributed by atoms with Crippen molar-refractivity contribution in [2.45, 2.75) is 32.2 Å². The largest absolute Gasteiger partial charge is 0.347 e. The van der Waals surface area contributed by atoms with E-state index in [-0.39, 0.29) is 22.2 Å². The Kier molecular flexibility index (Phi) is 6.13. The summed E-state index contributed by atoms with van der Waals surface area (Å²) in [5, 5.41) is -0.0803. The number of piperidine rings is 1. The Bertz CT molecular complexity index is 655. The summed E-state index contributed by atoms with van der Waals surface area (Å²) >= 11 is 11.7. The van der Waals surface area contributed by atoms with E-state index in [1.54, 1.807) is 12.1 Å². The zero-order valence-corrected chi connectivity index (χ0v) is 14.2. The summed E-state index contributed by atoms with van der Waals surface area (Å²) in [6, 6.07) is 4.40. The molecule has 1 aromatic rings. The number of hydrogen-bond acceptors (Lipinski definition) is 2. The molecular weight excluding hydrogens is 343 g/mol. The second-order valence-electron chi connectivity index (χ2n) is 5.27. The minimum Gasteiger partial charge on any atom is -0.347 e. The average Bonchev–Trinajstić information content (AvgIpc) is 2.54. The van der Waals surface area contributed by atoms with Crippen molar-refractivity contribution in [1.82, 2.24) is 4.90 Å². The molecule has 0 aliphatic carbocycles. The molecule has 124 valence electrons. The molecule has 1 heterocycles. The standard InChI is InChI=1S/C16H17Cl2F2N3/c1-10(19)15(22-16(18)21-2)23-8-4-3-5-14(23)11-6-7-13(20)12(17)9-11/h6-7,9,14H,2-5,8H2,1H3/b15-10-,22-16?. The Labute approximate surface area is 144 Å². The summed E-state index contributed by atoms with van der Waals surface area (Å²) in [4.78, 5) is 9.32. The third-order valence-electron chi connectivity index (χ3n) is 3.74. The Morgan fingerprint density at radius 1 is 1.39 bits per heavy atom. The number of benzene rings is 1. The fraction of sp³-hybridized carbons (Fsp3) is 0.375. The van der Waals surface area contributed by atoms with Gasteiger partial charge in [0.25, 0.3) is 0 Å². The predicted octanol–water partition coefficient (Wildman–Crippen LogP) is 5.46. The molecule has 1 aromatic carbocycles. The van der Waals surface area contributed by atoms with Crippen molar-refractivity contribution in [2.75, 3.05) is 6.54 Å². The van der Waals surface area contributed by atoms with Gasteiger partial charge >= 0.3 is 0 Å². The fourth-order valence-corrected chi connectivity index (χ4v) is 2.98. The number of hydrogen-bond donors (Lipinski definition) is 0. The van der Waals surface area contributed by atoms with Crippen LogP contribution >= 0.6 is 23.2 Å². The van der Waals surface area contributed by atoms with Gasteiger partial charge in [0, 0.05) is 6.54 Å². The maximum Gasteiger partial charge on any atom is 0.223 e. The van der Waals surface area contributed by atoms with Crippen LogP contribution in [0.5, 0.6) is 0 Å². The molecule has 1 aliphatic rings. The number of rotatable bonds is 3. The number of nitrogens with zero attached hydrogens (tertiary/aromatic N) is 3. The van der Waals surface area contributed by atoms with E-state index >= 15 is 0 Å². The minimum absolute atomic E-state index is 0.0461. The molecular formula is C16H17Cl2F2N3. The van der Waals surface area contributed by atoms with Crippen molar-refractivity contribution >= 4 is 35.2 Å². The Morgan fingerprint density at radius 2 is 2.13 bits per heavy atom. The number of amidine groups is 1. The van der Waals surface area contributed by atoms with Crippen LogP contribution in [0.15, 0.2) is 39.8 Å². The number of likely N-dealkylation sites (tertiary alicyclic amines) is 1. The van der Waals surface area contributed by atoms with Gasteiger partial charge in [0.2, 0.25) is 5.29 Å². The molecule has 0 radical (unpaired) electrons. The van der Waals surface area contributed by atoms with E-state index in [0.717, 1.165) is 24.8 Å². The molecule has 0 saturated carbocycles. The summed E-state index contributed by atoms with van der Waals surface area (Å²) in [5.41, 5.74) is 0.813. The van der Waals surface area contributed by atoms with E-state index in [9.17, 15) is 8.78 Å². The molecule has 2 rings (SSSR count). The monoisotopic (exact) mass is 359 g/mol. The van der Waals surface area contributed by atoms with E-state index in [1.807, 2.05) is 4.90 Å². The van der Waals surface area contributed by atoms with Gasteiger partial charge in [0.15, 0.2) is 5.82 Å². The number of aliphatic imine (C=N–C) groups is 2. The molecule has 0 spiro atoms. The van der Waals surface area contributed by atoms with Crippen molar-refractivity contribution in [1.29, 1.82) is 0 Å². The van der Waals surface area contributed by atoms with Gasteiger partial charge in [-0.1, -0.05) is 17.7 Å². The fourth-order valence-electron chi connectivity index (χ4n) is 2.71. The highest BCUT2D eigenvalue weighted by Crippen LogP contribution is 2.36. The van der Waals surface area contributed by atoms with Crippen molar-refractivity contribution < 1.29 is 8.78 Å². The minimum atomic E-state index is -0.480. The van der Waals surface area contributed by atoms with Crippen LogP contribution in [0, 0.1) is 5.82 Å². The molecule has 3 nitrogen and oxygen atoms in total. The molecule has 1 aliphatic heterocycles. The number of allylic oxidation sites excluding steroid dienone is 1. The van der Waals surface area contributed by atoms with Crippen LogP contribution in [0.3, 0.4) is 0 Å². The van der Waals surface area contributed by atoms with Gasteiger partial charge in [0.05, 0.1) is 11.1 Å². The van der Waals surface area contributed by atoms with E-state index in [2.05, 4.69) is 16.7 Å². The summed E-state index contributed by atoms with van der Waals surface area (Å²) < 4.78 is 27.4. The summed E-state index contributed by atoms with van der Waals surface area (Å²) in [7, 11) is 0. The number of halogens is 4. The van der Waals surface area contributed by atoms with E-state index < -0.39 is 11.6 Å². The second kappa shape index (κ2) is 7.88. The molecule has 1 unspecified atom stereocenters. The first-order valence-electron chi connectivity index (χ1n) is 7.23. The maximum absolute atomic E-state index is 14.0. The van der Waals surface area contributed by atoms with E-state index in [1.165, 1.54) is 13.0 Å². The Morgan fingerprint density at radius 3 is 2.74 bits per heavy atom. The van der Waals surface area contributed by atoms with Gasteiger partial charge in [0.1, 0.15) is 11.6 Å². The first kappa shape index (κ1) is 17.9. The molecule has 1 atom stereocenters. The molecule has 0 amide bonds. The lowest BCUT2D eigenvalue weighted by Crippen LogP contribution is -2.33. The van der Waals surface area contributed by atoms with Gasteiger partial charge in [-0.15, -0.1) is 0 Å². The van der Waals surface area contributed by atoms with Crippen LogP contribution in [0.4, 0.5) is 8.78 Å². The summed E-state index contributed by atoms with van der Waals surface area (Å²) in [5.74, 6) is -0.827. The molecule has 7 heteroatoms. The molecule has 0 aromatic heterocycles. The van der Waals surface area contributed by atoms with Crippen LogP contribution in [-0.2, 0) is 0 Å². The highest BCUT2D eigenvalue weighted by molar-refractivity contribution is 6.65. The third-order valence-corrected chi connectivity index (χ3v) is 4.23. The highest BCUT2D eigenvalue weighted by Gasteiger charge is 2.28. The average molecular weight is 360 g/mol. The second-order valence-corrected chi connectivity index (χ2v) is 6.02. The first-order chi connectivity index (χ1) is 10.9. The first-order valence-corrected chi connectivity index (χ1v) is 7.98. The van der Waals surface area contributed by atoms with E-state index in [4.69, 9.17) is 23.2 Å². The Balaban J connectivity index is 2.42. The molecule has 1 fully saturated rings. The van der Waals surface area contributed by atoms with Crippen LogP contribution in [0.25, 0.3) is 0 Å². The molecule has 0 N–H and O–H groups in total. The lowest BCUT2D eigenvalue weighted by molar-refractivity contribution is 0.188. The van der Waals surface area contributed by atoms with Gasteiger partial charge < -0.3 is 4.90 Å². The van der Waals surface area contributed by atoms with Crippen LogP contribution < -0.4 is 0 Å². The summed E-state index contributed by atoms with van der Waals surface area (Å²) in [6.07, 6.45) is 2.66. The van der Waals surface area contributed by atoms with Gasteiger partial charge in [-0.3, -0.25) is 0 Å². The van der Waals surface area contributed by atoms with Gasteiger partial charge in [-0.25, -0.2) is 13.8 Å². The molecule has 0 bridgehead atoms. The molecule has 23 heavy (non-hydrogen) atoms. The predicted molar refractivity (Wildman–Crippen MR) is 91.4 cm³/mol. The van der Waals surface area contributed by atoms with Crippen LogP contribution in [-0.4, -0.2) is 23.5 Å². The van der Waals surface area contributed by atoms with Crippen LogP contribution in [0.2, 0.25) is 5.02 Å². The Hall–Kier alpha value is -1.46. The SMILES string of the molecule is C=NC(Cl)=N/C(=C(\C)F)N1CCCCC1c1ccc(F)c(Cl)c1. The highest BCUT2D eigenvalue weighted by atomic mass is 35.5. The molecule has 1 saturated heterocycles. The lowest BCUT2D eigenvalue weighted by atomic mass is 9.95. The smallest absolute Gasteiger partial charge is 0.223 e. The van der Waals surface area contributed by atoms with Crippen molar-refractivity contribution in [2.24, 2.45) is 9.98 Å². The van der Waals surface area contributed by atoms with Crippen molar-refractivity contribution in [3.8, 4) is 0 Å². The zero-order chi connectivity index (χ0) is 17.0. The zero-order valence-electron chi connectivity index (χ0n) is 12.7. The van der Waals surface area contributed by atoms with Crippen molar-refractivity contribution in [3.05, 3.63) is 46.3 Å². The lowest BCUT2D eigenvalue weighted by Gasteiger charge is -2.37. The van der Waals surface area contributed by atoms with Gasteiger partial charge in [-0.2, -0.15) is 4.99 Å².